The summed E-state index contributed by atoms with van der Waals surface area (Å²) in [6, 6.07) is -0.563. The standard InChI is InChI=1S/C23H39N3O4S/c1-6-10-24-19(28)16-15-13-14(2)23(31-15)17(16)21(30)26(11-8-7-9-12-27)18(23)20(29)25-22(3,4)5/h14-18,27H,6-13H2,1-5H3,(H,24,28)(H,25,29)/t14?,15-,16+,17+,18?,23?/m1/s1. The van der Waals surface area contributed by atoms with Gasteiger partial charge in [-0.25, -0.2) is 0 Å². The molecule has 3 aliphatic heterocycles. The SMILES string of the molecule is CCCNC(=O)[C@@H]1[C@H]2C(=O)N(CCCCCO)C(C(=O)NC(C)(C)C)C23S[C@@H]1CC3C. The molecule has 0 aromatic heterocycles. The number of likely N-dealkylation sites (tertiary alicyclic amines) is 1. The van der Waals surface area contributed by atoms with Crippen molar-refractivity contribution in [2.45, 2.75) is 88.3 Å². The number of nitrogens with one attached hydrogen (secondary N) is 2. The molecular weight excluding hydrogens is 414 g/mol. The smallest absolute Gasteiger partial charge is 0.244 e. The van der Waals surface area contributed by atoms with Crippen molar-refractivity contribution in [3.63, 3.8) is 0 Å². The van der Waals surface area contributed by atoms with Gasteiger partial charge in [-0.15, -0.1) is 11.8 Å². The molecule has 176 valence electrons. The van der Waals surface area contributed by atoms with Gasteiger partial charge in [0, 0.05) is 30.5 Å². The molecule has 3 saturated heterocycles. The van der Waals surface area contributed by atoms with Gasteiger partial charge in [0.15, 0.2) is 0 Å². The van der Waals surface area contributed by atoms with Crippen LogP contribution in [0.1, 0.15) is 66.7 Å². The molecule has 3 fully saturated rings. The van der Waals surface area contributed by atoms with Crippen molar-refractivity contribution in [1.82, 2.24) is 15.5 Å². The van der Waals surface area contributed by atoms with Gasteiger partial charge in [-0.05, 0) is 58.8 Å². The highest BCUT2D eigenvalue weighted by atomic mass is 32.2. The molecule has 3 unspecified atom stereocenters. The third-order valence-corrected chi connectivity index (χ3v) is 8.98. The number of hydrogen-bond donors (Lipinski definition) is 3. The zero-order chi connectivity index (χ0) is 23.0. The topological polar surface area (TPSA) is 98.7 Å². The Balaban J connectivity index is 1.95. The summed E-state index contributed by atoms with van der Waals surface area (Å²) in [6.07, 6.45) is 3.94. The third-order valence-electron chi connectivity index (χ3n) is 6.90. The van der Waals surface area contributed by atoms with E-state index in [1.165, 1.54) is 0 Å². The van der Waals surface area contributed by atoms with E-state index in [1.54, 1.807) is 16.7 Å². The highest BCUT2D eigenvalue weighted by molar-refractivity contribution is 8.02. The first-order valence-corrected chi connectivity index (χ1v) is 12.6. The zero-order valence-corrected chi connectivity index (χ0v) is 20.4. The maximum atomic E-state index is 13.8. The normalized spacial score (nSPS) is 34.2. The van der Waals surface area contributed by atoms with Gasteiger partial charge in [0.25, 0.3) is 0 Å². The summed E-state index contributed by atoms with van der Waals surface area (Å²) in [5, 5.41) is 15.3. The van der Waals surface area contributed by atoms with Gasteiger partial charge in [-0.1, -0.05) is 13.8 Å². The minimum Gasteiger partial charge on any atom is -0.396 e. The van der Waals surface area contributed by atoms with Crippen molar-refractivity contribution in [3.05, 3.63) is 0 Å². The van der Waals surface area contributed by atoms with Gasteiger partial charge in [0.2, 0.25) is 17.7 Å². The van der Waals surface area contributed by atoms with Crippen molar-refractivity contribution in [1.29, 1.82) is 0 Å². The first kappa shape index (κ1) is 24.4. The summed E-state index contributed by atoms with van der Waals surface area (Å²) in [5.41, 5.74) is -0.403. The average Bonchev–Trinajstić information content (AvgIpc) is 3.26. The number of aliphatic hydroxyl groups excluding tert-OH is 1. The fourth-order valence-electron chi connectivity index (χ4n) is 5.73. The first-order valence-electron chi connectivity index (χ1n) is 11.8. The van der Waals surface area contributed by atoms with Gasteiger partial charge in [-0.2, -0.15) is 0 Å². The lowest BCUT2D eigenvalue weighted by Crippen LogP contribution is -2.59. The fraction of sp³-hybridized carbons (Fsp3) is 0.870. The van der Waals surface area contributed by atoms with Crippen LogP contribution in [0.3, 0.4) is 0 Å². The summed E-state index contributed by atoms with van der Waals surface area (Å²) >= 11 is 1.72. The van der Waals surface area contributed by atoms with E-state index in [1.807, 2.05) is 27.7 Å². The Morgan fingerprint density at radius 3 is 2.55 bits per heavy atom. The Morgan fingerprint density at radius 1 is 1.23 bits per heavy atom. The predicted octanol–water partition coefficient (Wildman–Crippen LogP) is 1.93. The van der Waals surface area contributed by atoms with Gasteiger partial charge in [0.05, 0.1) is 16.6 Å². The number of hydrogen-bond acceptors (Lipinski definition) is 5. The fourth-order valence-corrected chi connectivity index (χ4v) is 8.16. The Kier molecular flexibility index (Phi) is 7.31. The summed E-state index contributed by atoms with van der Waals surface area (Å²) < 4.78 is -0.553. The molecule has 3 rings (SSSR count). The second-order valence-corrected chi connectivity index (χ2v) is 11.9. The van der Waals surface area contributed by atoms with Gasteiger partial charge >= 0.3 is 0 Å². The minimum absolute atomic E-state index is 0.0383. The second kappa shape index (κ2) is 9.30. The number of carbonyl (C=O) groups is 3. The number of rotatable bonds is 9. The number of unbranched alkanes of at least 4 members (excludes halogenated alkanes) is 2. The van der Waals surface area contributed by atoms with Crippen LogP contribution in [0.5, 0.6) is 0 Å². The molecule has 3 amide bonds. The molecule has 2 bridgehead atoms. The van der Waals surface area contributed by atoms with Crippen LogP contribution in [0.25, 0.3) is 0 Å². The van der Waals surface area contributed by atoms with Crippen molar-refractivity contribution < 1.29 is 19.5 Å². The van der Waals surface area contributed by atoms with Crippen LogP contribution in [0.15, 0.2) is 0 Å². The summed E-state index contributed by atoms with van der Waals surface area (Å²) in [5.74, 6) is -0.825. The van der Waals surface area contributed by atoms with E-state index in [0.29, 0.717) is 19.5 Å². The molecule has 0 aromatic rings. The second-order valence-electron chi connectivity index (χ2n) is 10.4. The average molecular weight is 454 g/mol. The summed E-state index contributed by atoms with van der Waals surface area (Å²) in [7, 11) is 0. The zero-order valence-electron chi connectivity index (χ0n) is 19.6. The third kappa shape index (κ3) is 4.34. The van der Waals surface area contributed by atoms with E-state index in [9.17, 15) is 14.4 Å². The molecular formula is C23H39N3O4S. The predicted molar refractivity (Wildman–Crippen MR) is 123 cm³/mol. The van der Waals surface area contributed by atoms with E-state index in [-0.39, 0.29) is 41.4 Å². The van der Waals surface area contributed by atoms with Crippen LogP contribution in [-0.2, 0) is 14.4 Å². The van der Waals surface area contributed by atoms with Crippen LogP contribution in [0.4, 0.5) is 0 Å². The van der Waals surface area contributed by atoms with E-state index >= 15 is 0 Å². The van der Waals surface area contributed by atoms with E-state index in [0.717, 1.165) is 25.7 Å². The number of amides is 3. The molecule has 3 aliphatic rings. The van der Waals surface area contributed by atoms with E-state index in [2.05, 4.69) is 17.6 Å². The van der Waals surface area contributed by atoms with Crippen molar-refractivity contribution in [3.8, 4) is 0 Å². The van der Waals surface area contributed by atoms with E-state index < -0.39 is 22.2 Å². The lowest BCUT2D eigenvalue weighted by Gasteiger charge is -2.39. The van der Waals surface area contributed by atoms with Crippen molar-refractivity contribution >= 4 is 29.5 Å². The molecule has 8 heteroatoms. The van der Waals surface area contributed by atoms with E-state index in [4.69, 9.17) is 5.11 Å². The Labute approximate surface area is 190 Å². The highest BCUT2D eigenvalue weighted by Crippen LogP contribution is 2.68. The molecule has 1 spiro atoms. The monoisotopic (exact) mass is 453 g/mol. The molecule has 3 heterocycles. The first-order chi connectivity index (χ1) is 14.6. The molecule has 0 radical (unpaired) electrons. The Hall–Kier alpha value is -1.28. The Morgan fingerprint density at radius 2 is 1.94 bits per heavy atom. The van der Waals surface area contributed by atoms with Crippen LogP contribution in [0.2, 0.25) is 0 Å². The maximum Gasteiger partial charge on any atom is 0.244 e. The van der Waals surface area contributed by atoms with Gasteiger partial charge < -0.3 is 20.6 Å². The number of fused-ring (bicyclic) bond motifs is 1. The van der Waals surface area contributed by atoms with Crippen LogP contribution in [-0.4, -0.2) is 69.0 Å². The Bertz CT molecular complexity index is 709. The van der Waals surface area contributed by atoms with Crippen LogP contribution in [0, 0.1) is 17.8 Å². The summed E-state index contributed by atoms with van der Waals surface area (Å²) in [4.78, 5) is 42.2. The van der Waals surface area contributed by atoms with Gasteiger partial charge in [0.1, 0.15) is 6.04 Å². The molecule has 0 aromatic carbocycles. The lowest BCUT2D eigenvalue weighted by molar-refractivity contribution is -0.140. The maximum absolute atomic E-state index is 13.8. The quantitative estimate of drug-likeness (QED) is 0.464. The van der Waals surface area contributed by atoms with Crippen molar-refractivity contribution in [2.24, 2.45) is 17.8 Å². The lowest BCUT2D eigenvalue weighted by atomic mass is 9.65. The summed E-state index contributed by atoms with van der Waals surface area (Å²) in [6.45, 7) is 11.2. The number of carbonyl (C=O) groups excluding carboxylic acids is 3. The van der Waals surface area contributed by atoms with Gasteiger partial charge in [-0.3, -0.25) is 14.4 Å². The molecule has 6 atom stereocenters. The number of thioether (sulfide) groups is 1. The molecule has 0 aliphatic carbocycles. The largest absolute Gasteiger partial charge is 0.396 e. The molecule has 0 saturated carbocycles. The molecule has 3 N–H and O–H groups in total. The minimum atomic E-state index is -0.563. The highest BCUT2D eigenvalue weighted by Gasteiger charge is 2.75. The number of aliphatic hydroxyl groups is 1. The number of nitrogens with zero attached hydrogens (tertiary/aromatic N) is 1. The molecule has 31 heavy (non-hydrogen) atoms. The molecule has 7 nitrogen and oxygen atoms in total. The van der Waals surface area contributed by atoms with Crippen LogP contribution < -0.4 is 10.6 Å². The van der Waals surface area contributed by atoms with Crippen molar-refractivity contribution in [2.75, 3.05) is 19.7 Å². The van der Waals surface area contributed by atoms with Crippen LogP contribution >= 0.6 is 11.8 Å².